The van der Waals surface area contributed by atoms with Gasteiger partial charge in [-0.25, -0.2) is 4.98 Å². The van der Waals surface area contributed by atoms with Crippen LogP contribution < -0.4 is 9.47 Å². The zero-order valence-corrected chi connectivity index (χ0v) is 14.6. The molecule has 0 atom stereocenters. The minimum atomic E-state index is 0.437. The number of rotatable bonds is 5. The molecule has 102 valence electrons. The molecule has 1 aromatic heterocycles. The van der Waals surface area contributed by atoms with Crippen molar-refractivity contribution in [1.82, 2.24) is 4.98 Å². The fourth-order valence-corrected chi connectivity index (χ4v) is 3.14. The first-order chi connectivity index (χ1) is 9.13. The van der Waals surface area contributed by atoms with Crippen LogP contribution in [-0.2, 0) is 11.9 Å². The molecule has 0 aliphatic carbocycles. The van der Waals surface area contributed by atoms with Gasteiger partial charge in [0.1, 0.15) is 6.61 Å². The molecule has 0 unspecified atom stereocenters. The SMILES string of the molecule is COc1cc(CBr)cc(Br)c1OCc1csc(C)n1. The number of ether oxygens (including phenoxy) is 2. The average molecular weight is 407 g/mol. The van der Waals surface area contributed by atoms with E-state index in [1.807, 2.05) is 24.4 Å². The number of hydrogen-bond acceptors (Lipinski definition) is 4. The first-order valence-electron chi connectivity index (χ1n) is 5.60. The van der Waals surface area contributed by atoms with Gasteiger partial charge in [0.25, 0.3) is 0 Å². The predicted octanol–water partition coefficient (Wildman–Crippen LogP) is 4.70. The molecule has 6 heteroatoms. The van der Waals surface area contributed by atoms with E-state index in [2.05, 4.69) is 36.8 Å². The van der Waals surface area contributed by atoms with Crippen molar-refractivity contribution in [3.05, 3.63) is 38.3 Å². The van der Waals surface area contributed by atoms with E-state index < -0.39 is 0 Å². The van der Waals surface area contributed by atoms with Gasteiger partial charge in [0, 0.05) is 10.7 Å². The van der Waals surface area contributed by atoms with Crippen LogP contribution in [0.2, 0.25) is 0 Å². The molecule has 0 fully saturated rings. The van der Waals surface area contributed by atoms with Gasteiger partial charge in [-0.15, -0.1) is 11.3 Å². The van der Waals surface area contributed by atoms with Crippen molar-refractivity contribution in [1.29, 1.82) is 0 Å². The lowest BCUT2D eigenvalue weighted by Gasteiger charge is -2.13. The van der Waals surface area contributed by atoms with Gasteiger partial charge in [0.05, 0.1) is 22.3 Å². The number of nitrogens with zero attached hydrogens (tertiary/aromatic N) is 1. The van der Waals surface area contributed by atoms with Crippen molar-refractivity contribution in [2.45, 2.75) is 18.9 Å². The average Bonchev–Trinajstić information content (AvgIpc) is 2.82. The third-order valence-electron chi connectivity index (χ3n) is 2.47. The Bertz CT molecular complexity index is 572. The molecule has 0 spiro atoms. The molecule has 0 saturated carbocycles. The van der Waals surface area contributed by atoms with E-state index in [-0.39, 0.29) is 0 Å². The minimum absolute atomic E-state index is 0.437. The Morgan fingerprint density at radius 2 is 2.16 bits per heavy atom. The Morgan fingerprint density at radius 1 is 1.37 bits per heavy atom. The normalized spacial score (nSPS) is 10.5. The van der Waals surface area contributed by atoms with Crippen LogP contribution in [0.5, 0.6) is 11.5 Å². The van der Waals surface area contributed by atoms with Gasteiger partial charge in [-0.05, 0) is 40.5 Å². The van der Waals surface area contributed by atoms with Gasteiger partial charge in [0.15, 0.2) is 11.5 Å². The highest BCUT2D eigenvalue weighted by atomic mass is 79.9. The Morgan fingerprint density at radius 3 is 2.74 bits per heavy atom. The van der Waals surface area contributed by atoms with Gasteiger partial charge in [-0.1, -0.05) is 15.9 Å². The van der Waals surface area contributed by atoms with E-state index in [0.717, 1.165) is 31.8 Å². The van der Waals surface area contributed by atoms with Gasteiger partial charge < -0.3 is 9.47 Å². The molecule has 2 aromatic rings. The lowest BCUT2D eigenvalue weighted by atomic mass is 10.2. The number of methoxy groups -OCH3 is 1. The highest BCUT2D eigenvalue weighted by Gasteiger charge is 2.12. The lowest BCUT2D eigenvalue weighted by Crippen LogP contribution is -1.99. The molecule has 0 aliphatic heterocycles. The van der Waals surface area contributed by atoms with Gasteiger partial charge in [0.2, 0.25) is 0 Å². The van der Waals surface area contributed by atoms with Crippen molar-refractivity contribution in [3.8, 4) is 11.5 Å². The van der Waals surface area contributed by atoms with Crippen LogP contribution >= 0.6 is 43.2 Å². The molecule has 1 heterocycles. The van der Waals surface area contributed by atoms with Crippen LogP contribution in [0.1, 0.15) is 16.3 Å². The molecule has 0 amide bonds. The van der Waals surface area contributed by atoms with Crippen LogP contribution in [0.4, 0.5) is 0 Å². The minimum Gasteiger partial charge on any atom is -0.493 e. The van der Waals surface area contributed by atoms with Crippen molar-refractivity contribution < 1.29 is 9.47 Å². The second-order valence-electron chi connectivity index (χ2n) is 3.89. The topological polar surface area (TPSA) is 31.4 Å². The molecule has 1 aromatic carbocycles. The third-order valence-corrected chi connectivity index (χ3v) is 4.53. The highest BCUT2D eigenvalue weighted by Crippen LogP contribution is 2.37. The molecule has 0 aliphatic rings. The lowest BCUT2D eigenvalue weighted by molar-refractivity contribution is 0.279. The third kappa shape index (κ3) is 3.70. The number of alkyl halides is 1. The Kier molecular flexibility index (Phi) is 5.24. The molecule has 19 heavy (non-hydrogen) atoms. The van der Waals surface area contributed by atoms with E-state index in [9.17, 15) is 0 Å². The second kappa shape index (κ2) is 6.72. The summed E-state index contributed by atoms with van der Waals surface area (Å²) in [6.45, 7) is 2.42. The smallest absolute Gasteiger partial charge is 0.175 e. The Labute approximate surface area is 133 Å². The summed E-state index contributed by atoms with van der Waals surface area (Å²) in [4.78, 5) is 4.37. The van der Waals surface area contributed by atoms with Crippen LogP contribution in [0.15, 0.2) is 22.0 Å². The largest absolute Gasteiger partial charge is 0.493 e. The Hall–Kier alpha value is -0.590. The van der Waals surface area contributed by atoms with Gasteiger partial charge in [-0.3, -0.25) is 0 Å². The van der Waals surface area contributed by atoms with E-state index in [4.69, 9.17) is 9.47 Å². The first kappa shape index (κ1) is 14.8. The number of benzene rings is 1. The van der Waals surface area contributed by atoms with Crippen molar-refractivity contribution in [2.75, 3.05) is 7.11 Å². The summed E-state index contributed by atoms with van der Waals surface area (Å²) in [6, 6.07) is 3.97. The zero-order valence-electron chi connectivity index (χ0n) is 10.6. The van der Waals surface area contributed by atoms with E-state index in [1.165, 1.54) is 0 Å². The maximum Gasteiger partial charge on any atom is 0.175 e. The number of halogens is 2. The van der Waals surface area contributed by atoms with Crippen molar-refractivity contribution in [2.24, 2.45) is 0 Å². The van der Waals surface area contributed by atoms with Crippen molar-refractivity contribution in [3.63, 3.8) is 0 Å². The molecule has 0 saturated heterocycles. The highest BCUT2D eigenvalue weighted by molar-refractivity contribution is 9.10. The first-order valence-corrected chi connectivity index (χ1v) is 8.39. The molecular formula is C13H13Br2NO2S. The summed E-state index contributed by atoms with van der Waals surface area (Å²) < 4.78 is 12.1. The molecule has 2 rings (SSSR count). The van der Waals surface area contributed by atoms with Crippen LogP contribution in [0.3, 0.4) is 0 Å². The number of hydrogen-bond donors (Lipinski definition) is 0. The zero-order chi connectivity index (χ0) is 13.8. The summed E-state index contributed by atoms with van der Waals surface area (Å²) in [7, 11) is 1.64. The predicted molar refractivity (Wildman–Crippen MR) is 84.5 cm³/mol. The maximum absolute atomic E-state index is 5.81. The van der Waals surface area contributed by atoms with Gasteiger partial charge in [-0.2, -0.15) is 0 Å². The summed E-state index contributed by atoms with van der Waals surface area (Å²) in [5, 5.41) is 3.81. The number of thiazole rings is 1. The second-order valence-corrected chi connectivity index (χ2v) is 6.37. The number of aryl methyl sites for hydroxylation is 1. The fourth-order valence-electron chi connectivity index (χ4n) is 1.61. The summed E-state index contributed by atoms with van der Waals surface area (Å²) in [6.07, 6.45) is 0. The standard InChI is InChI=1S/C13H13Br2NO2S/c1-8-16-10(7-19-8)6-18-13-11(15)3-9(5-14)4-12(13)17-2/h3-4,7H,5-6H2,1-2H3. The summed E-state index contributed by atoms with van der Waals surface area (Å²) >= 11 is 8.57. The van der Waals surface area contributed by atoms with E-state index in [1.54, 1.807) is 18.4 Å². The molecule has 0 N–H and O–H groups in total. The molecule has 0 radical (unpaired) electrons. The van der Waals surface area contributed by atoms with Crippen LogP contribution in [0, 0.1) is 6.92 Å². The van der Waals surface area contributed by atoms with Gasteiger partial charge >= 0.3 is 0 Å². The van der Waals surface area contributed by atoms with Crippen LogP contribution in [-0.4, -0.2) is 12.1 Å². The van der Waals surface area contributed by atoms with E-state index >= 15 is 0 Å². The Balaban J connectivity index is 2.19. The molecule has 0 bridgehead atoms. The molecule has 3 nitrogen and oxygen atoms in total. The quantitative estimate of drug-likeness (QED) is 0.674. The van der Waals surface area contributed by atoms with Crippen molar-refractivity contribution >= 4 is 43.2 Å². The fraction of sp³-hybridized carbons (Fsp3) is 0.308. The number of aromatic nitrogens is 1. The monoisotopic (exact) mass is 405 g/mol. The van der Waals surface area contributed by atoms with E-state index in [0.29, 0.717) is 12.4 Å². The van der Waals surface area contributed by atoms with Crippen LogP contribution in [0.25, 0.3) is 0 Å². The maximum atomic E-state index is 5.81. The summed E-state index contributed by atoms with van der Waals surface area (Å²) in [5.41, 5.74) is 2.06. The summed E-state index contributed by atoms with van der Waals surface area (Å²) in [5.74, 6) is 1.42. The molecular weight excluding hydrogens is 394 g/mol.